The Morgan fingerprint density at radius 1 is 1.02 bits per heavy atom. The van der Waals surface area contributed by atoms with Gasteiger partial charge in [-0.2, -0.15) is 0 Å². The molecule has 0 saturated heterocycles. The van der Waals surface area contributed by atoms with Gasteiger partial charge in [0.15, 0.2) is 10.1 Å². The predicted octanol–water partition coefficient (Wildman–Crippen LogP) is 1.75. The Kier molecular flexibility index (Phi) is 9.42. The molecule has 0 unspecified atom stereocenters. The maximum Gasteiger partial charge on any atom is 1.00 e. The second-order valence-corrected chi connectivity index (χ2v) is 13.2. The van der Waals surface area contributed by atoms with Gasteiger partial charge in [-0.3, -0.25) is 0 Å². The fourth-order valence-electron chi connectivity index (χ4n) is 4.58. The molecular formula is C27H25KN2O7S3. The first-order valence-electron chi connectivity index (χ1n) is 12.0. The molecule has 1 aromatic heterocycles. The van der Waals surface area contributed by atoms with Crippen molar-refractivity contribution in [2.24, 2.45) is 0 Å². The van der Waals surface area contributed by atoms with Crippen molar-refractivity contribution in [3.8, 4) is 0 Å². The Hall–Kier alpha value is -1.52. The summed E-state index contributed by atoms with van der Waals surface area (Å²) in [6, 6.07) is 14.8. The summed E-state index contributed by atoms with van der Waals surface area (Å²) in [6.45, 7) is 5.75. The van der Waals surface area contributed by atoms with Crippen LogP contribution in [-0.2, 0) is 26.1 Å². The van der Waals surface area contributed by atoms with E-state index in [4.69, 9.17) is 4.42 Å². The third kappa shape index (κ3) is 6.75. The summed E-state index contributed by atoms with van der Waals surface area (Å²) >= 11 is 1.34. The number of allylic oxidation sites excluding steroid dienone is 2. The number of thioether (sulfide) groups is 1. The maximum atomic E-state index is 11.9. The van der Waals surface area contributed by atoms with Gasteiger partial charge < -0.3 is 18.4 Å². The van der Waals surface area contributed by atoms with Crippen LogP contribution in [0.4, 0.5) is 5.69 Å². The van der Waals surface area contributed by atoms with E-state index in [1.807, 2.05) is 63.2 Å². The maximum absolute atomic E-state index is 11.9. The molecule has 0 aliphatic carbocycles. The Morgan fingerprint density at radius 2 is 1.73 bits per heavy atom. The zero-order chi connectivity index (χ0) is 28.1. The van der Waals surface area contributed by atoms with E-state index >= 15 is 0 Å². The van der Waals surface area contributed by atoms with E-state index in [9.17, 15) is 25.9 Å². The molecule has 2 heterocycles. The zero-order valence-electron chi connectivity index (χ0n) is 22.4. The second kappa shape index (κ2) is 12.0. The van der Waals surface area contributed by atoms with Crippen LogP contribution in [0.5, 0.6) is 0 Å². The number of aryl methyl sites for hydroxylation is 2. The molecule has 40 heavy (non-hydrogen) atoms. The number of fused-ring (bicyclic) bond motifs is 4. The van der Waals surface area contributed by atoms with Crippen molar-refractivity contribution in [3.05, 3.63) is 82.2 Å². The molecule has 1 aliphatic heterocycles. The molecule has 0 radical (unpaired) electrons. The number of nitrogens with zero attached hydrogens (tertiary/aromatic N) is 2. The Labute approximate surface area is 279 Å². The van der Waals surface area contributed by atoms with Crippen molar-refractivity contribution < 1.29 is 86.3 Å². The largest absolute Gasteiger partial charge is 1.00 e. The molecule has 4 aromatic rings. The van der Waals surface area contributed by atoms with Crippen molar-refractivity contribution >= 4 is 65.6 Å². The molecule has 0 amide bonds. The quantitative estimate of drug-likeness (QED) is 0.171. The first kappa shape index (κ1) is 31.4. The molecule has 0 fully saturated rings. The molecular weight excluding hydrogens is 600 g/mol. The van der Waals surface area contributed by atoms with Gasteiger partial charge in [-0.15, -0.1) is 4.57 Å². The van der Waals surface area contributed by atoms with Crippen LogP contribution in [0, 0.1) is 13.8 Å². The molecule has 5 rings (SSSR count). The Balaban J connectivity index is 0.00000370. The van der Waals surface area contributed by atoms with Gasteiger partial charge in [-0.05, 0) is 72.7 Å². The first-order valence-corrected chi connectivity index (χ1v) is 16.0. The molecule has 0 saturated carbocycles. The minimum atomic E-state index is -4.67. The third-order valence-corrected chi connectivity index (χ3v) is 8.80. The van der Waals surface area contributed by atoms with Gasteiger partial charge in [0.25, 0.3) is 5.52 Å². The minimum absolute atomic E-state index is 0. The van der Waals surface area contributed by atoms with Crippen LogP contribution in [0.15, 0.2) is 74.5 Å². The second-order valence-electron chi connectivity index (χ2n) is 9.36. The van der Waals surface area contributed by atoms with E-state index in [0.29, 0.717) is 33.8 Å². The summed E-state index contributed by atoms with van der Waals surface area (Å²) in [7, 11) is -9.27. The molecule has 1 aliphatic rings. The summed E-state index contributed by atoms with van der Waals surface area (Å²) in [4.78, 5) is 2.30. The molecule has 204 valence electrons. The van der Waals surface area contributed by atoms with Crippen LogP contribution in [-0.4, -0.2) is 31.8 Å². The summed E-state index contributed by atoms with van der Waals surface area (Å²) < 4.78 is 78.3. The number of anilines is 1. The van der Waals surface area contributed by atoms with Crippen molar-refractivity contribution in [1.82, 2.24) is 0 Å². The zero-order valence-corrected chi connectivity index (χ0v) is 27.9. The Bertz CT molecular complexity index is 1910. The van der Waals surface area contributed by atoms with Crippen LogP contribution in [0.25, 0.3) is 27.9 Å². The normalized spacial score (nSPS) is 15.2. The Morgan fingerprint density at radius 3 is 2.40 bits per heavy atom. The molecule has 3 aromatic carbocycles. The monoisotopic (exact) mass is 624 g/mol. The van der Waals surface area contributed by atoms with E-state index in [1.54, 1.807) is 18.2 Å². The number of rotatable bonds is 7. The fraction of sp³-hybridized carbons (Fsp3) is 0.222. The molecule has 0 spiro atoms. The predicted molar refractivity (Wildman–Crippen MR) is 149 cm³/mol. The van der Waals surface area contributed by atoms with Crippen LogP contribution in [0.2, 0.25) is 0 Å². The number of hydrogen-bond donors (Lipinski definition) is 0. The summed E-state index contributed by atoms with van der Waals surface area (Å²) in [5.74, 6) is -1.40. The van der Waals surface area contributed by atoms with E-state index in [0.717, 1.165) is 26.8 Å². The number of aromatic nitrogens is 1. The molecule has 0 N–H and O–H groups in total. The van der Waals surface area contributed by atoms with Crippen LogP contribution in [0.3, 0.4) is 0 Å². The number of oxazole rings is 1. The van der Waals surface area contributed by atoms with Gasteiger partial charge in [0.1, 0.15) is 16.0 Å². The van der Waals surface area contributed by atoms with Crippen LogP contribution in [0.1, 0.15) is 30.4 Å². The van der Waals surface area contributed by atoms with E-state index in [1.165, 1.54) is 21.2 Å². The minimum Gasteiger partial charge on any atom is -0.747 e. The standard InChI is InChI=1S/C27H26N2O7S3.K/c1-4-19(14-26-28(15-38(30,31)32)22-11-17(2)18(3)12-24(22)37-26)13-25-29(16-39(33,34)35)27-21-8-6-5-7-20(21)9-10-23(27)36-25;/h5-14H,4,15-16H2,1-3H3,(H-,30,31,32,33,34,35);/q;+1/p-1. The topological polar surface area (TPSA) is 135 Å². The first-order chi connectivity index (χ1) is 18.3. The van der Waals surface area contributed by atoms with Crippen molar-refractivity contribution in [1.29, 1.82) is 0 Å². The van der Waals surface area contributed by atoms with Crippen LogP contribution >= 0.6 is 11.8 Å². The van der Waals surface area contributed by atoms with Crippen LogP contribution < -0.4 is 60.9 Å². The van der Waals surface area contributed by atoms with Crippen molar-refractivity contribution in [2.75, 3.05) is 10.8 Å². The SMILES string of the molecule is CCC(=C/c1oc2ccc3ccccc3c2[n+]1CS(=O)(=O)[O-])/C=C1/Sc2cc(C)c(C)cc2N1CS(=O)(=O)[O-].[K+]. The molecule has 13 heteroatoms. The molecule has 0 atom stereocenters. The number of benzene rings is 3. The van der Waals surface area contributed by atoms with E-state index in [-0.39, 0.29) is 57.3 Å². The average Bonchev–Trinajstić information content (AvgIpc) is 3.34. The van der Waals surface area contributed by atoms with Crippen molar-refractivity contribution in [2.45, 2.75) is 38.0 Å². The van der Waals surface area contributed by atoms with Crippen molar-refractivity contribution in [3.63, 3.8) is 0 Å². The molecule has 9 nitrogen and oxygen atoms in total. The third-order valence-electron chi connectivity index (χ3n) is 6.56. The molecule has 0 bridgehead atoms. The number of hydrogen-bond acceptors (Lipinski definition) is 9. The van der Waals surface area contributed by atoms with Gasteiger partial charge in [-0.25, -0.2) is 16.8 Å². The van der Waals surface area contributed by atoms with Gasteiger partial charge in [0.05, 0.1) is 22.2 Å². The van der Waals surface area contributed by atoms with Gasteiger partial charge in [0.2, 0.25) is 11.5 Å². The van der Waals surface area contributed by atoms with Gasteiger partial charge in [-0.1, -0.05) is 43.0 Å². The fourth-order valence-corrected chi connectivity index (χ4v) is 7.05. The summed E-state index contributed by atoms with van der Waals surface area (Å²) in [6.07, 6.45) is 3.86. The summed E-state index contributed by atoms with van der Waals surface area (Å²) in [5, 5.41) is 2.13. The van der Waals surface area contributed by atoms with Gasteiger partial charge >= 0.3 is 57.3 Å². The summed E-state index contributed by atoms with van der Waals surface area (Å²) in [5.41, 5.74) is 4.20. The average molecular weight is 625 g/mol. The van der Waals surface area contributed by atoms with Gasteiger partial charge in [0, 0.05) is 4.90 Å². The smallest absolute Gasteiger partial charge is 0.747 e. The van der Waals surface area contributed by atoms with E-state index in [2.05, 4.69) is 0 Å². The van der Waals surface area contributed by atoms with E-state index < -0.39 is 32.0 Å².